The van der Waals surface area contributed by atoms with Gasteiger partial charge in [-0.1, -0.05) is 0 Å². The van der Waals surface area contributed by atoms with Gasteiger partial charge in [-0.15, -0.1) is 0 Å². The highest BCUT2D eigenvalue weighted by Crippen LogP contribution is 2.30. The Kier molecular flexibility index (Phi) is 5.52. The second kappa shape index (κ2) is 7.95. The third-order valence-electron chi connectivity index (χ3n) is 5.84. The average Bonchev–Trinajstić information content (AvgIpc) is 3.50. The van der Waals surface area contributed by atoms with Crippen LogP contribution < -0.4 is 10.4 Å². The smallest absolute Gasteiger partial charge is 0.345 e. The van der Waals surface area contributed by atoms with Gasteiger partial charge >= 0.3 is 5.69 Å². The molecule has 4 rings (SSSR count). The molecule has 1 atom stereocenters. The molecule has 0 radical (unpaired) electrons. The number of fused-ring (bicyclic) bond motifs is 1. The van der Waals surface area contributed by atoms with Gasteiger partial charge in [0.2, 0.25) is 10.0 Å². The lowest BCUT2D eigenvalue weighted by molar-refractivity contribution is 0.328. The molecule has 1 aromatic heterocycles. The van der Waals surface area contributed by atoms with E-state index in [9.17, 15) is 13.2 Å². The Morgan fingerprint density at radius 3 is 2.55 bits per heavy atom. The fourth-order valence-electron chi connectivity index (χ4n) is 3.88. The van der Waals surface area contributed by atoms with Gasteiger partial charge in [0.05, 0.1) is 11.5 Å². The minimum absolute atomic E-state index is 0.0652. The van der Waals surface area contributed by atoms with Crippen LogP contribution in [0.1, 0.15) is 38.4 Å². The minimum Gasteiger partial charge on any atom is -0.494 e. The van der Waals surface area contributed by atoms with Crippen molar-refractivity contribution in [3.8, 4) is 5.75 Å². The summed E-state index contributed by atoms with van der Waals surface area (Å²) in [4.78, 5) is 12.9. The molecule has 8 nitrogen and oxygen atoms in total. The number of aromatic nitrogens is 3. The van der Waals surface area contributed by atoms with E-state index in [0.29, 0.717) is 50.6 Å². The molecule has 158 valence electrons. The fourth-order valence-corrected chi connectivity index (χ4v) is 5.29. The van der Waals surface area contributed by atoms with E-state index in [0.717, 1.165) is 5.82 Å². The maximum absolute atomic E-state index is 13.1. The van der Waals surface area contributed by atoms with E-state index < -0.39 is 10.0 Å². The Labute approximate surface area is 171 Å². The molecule has 0 bridgehead atoms. The van der Waals surface area contributed by atoms with E-state index in [4.69, 9.17) is 4.74 Å². The van der Waals surface area contributed by atoms with Crippen molar-refractivity contribution in [3.63, 3.8) is 0 Å². The third kappa shape index (κ3) is 4.11. The molecule has 2 aromatic rings. The summed E-state index contributed by atoms with van der Waals surface area (Å²) >= 11 is 0. The fraction of sp³-hybridized carbons (Fsp3) is 0.600. The van der Waals surface area contributed by atoms with Gasteiger partial charge in [0, 0.05) is 32.6 Å². The number of rotatable bonds is 7. The van der Waals surface area contributed by atoms with Crippen LogP contribution in [0, 0.1) is 5.92 Å². The standard InChI is InChI=1S/C20H28N4O4S/c1-3-28-17-7-9-18(10-8-17)29(26,27)22(2)16-6-11-19-21-24(14-15-4-5-15)20(25)23(19)13-12-16/h7-10,15-16H,3-6,11-14H2,1-2H3. The molecule has 0 amide bonds. The summed E-state index contributed by atoms with van der Waals surface area (Å²) in [6.45, 7) is 3.61. The van der Waals surface area contributed by atoms with Gasteiger partial charge in [0.25, 0.3) is 0 Å². The normalized spacial score (nSPS) is 19.8. The molecule has 0 spiro atoms. The van der Waals surface area contributed by atoms with Crippen LogP contribution in [0.4, 0.5) is 0 Å². The molecule has 1 saturated carbocycles. The van der Waals surface area contributed by atoms with E-state index >= 15 is 0 Å². The van der Waals surface area contributed by atoms with Crippen LogP contribution >= 0.6 is 0 Å². The number of ether oxygens (including phenoxy) is 1. The number of nitrogens with zero attached hydrogens (tertiary/aromatic N) is 4. The van der Waals surface area contributed by atoms with Crippen molar-refractivity contribution in [2.45, 2.75) is 63.1 Å². The van der Waals surface area contributed by atoms with Crippen LogP contribution in [0.5, 0.6) is 5.75 Å². The van der Waals surface area contributed by atoms with Gasteiger partial charge < -0.3 is 4.74 Å². The Morgan fingerprint density at radius 1 is 1.17 bits per heavy atom. The summed E-state index contributed by atoms with van der Waals surface area (Å²) in [5.41, 5.74) is -0.0652. The van der Waals surface area contributed by atoms with Gasteiger partial charge in [-0.2, -0.15) is 9.40 Å². The average molecular weight is 421 g/mol. The second-order valence-electron chi connectivity index (χ2n) is 7.88. The molecular formula is C20H28N4O4S. The van der Waals surface area contributed by atoms with Crippen molar-refractivity contribution in [1.82, 2.24) is 18.7 Å². The molecule has 1 aromatic carbocycles. The zero-order chi connectivity index (χ0) is 20.6. The van der Waals surface area contributed by atoms with Gasteiger partial charge in [-0.3, -0.25) is 4.57 Å². The molecule has 0 saturated heterocycles. The van der Waals surface area contributed by atoms with Gasteiger partial charge in [0.15, 0.2) is 0 Å². The minimum atomic E-state index is -3.62. The SMILES string of the molecule is CCOc1ccc(S(=O)(=O)N(C)C2CCc3nn(CC4CC4)c(=O)n3CC2)cc1. The summed E-state index contributed by atoms with van der Waals surface area (Å²) in [7, 11) is -2.00. The number of aryl methyl sites for hydroxylation is 1. The van der Waals surface area contributed by atoms with E-state index in [-0.39, 0.29) is 16.6 Å². The summed E-state index contributed by atoms with van der Waals surface area (Å²) in [5, 5.41) is 4.52. The Hall–Kier alpha value is -2.13. The molecule has 0 N–H and O–H groups in total. The number of sulfonamides is 1. The second-order valence-corrected chi connectivity index (χ2v) is 9.88. The van der Waals surface area contributed by atoms with Gasteiger partial charge in [-0.05, 0) is 62.8 Å². The van der Waals surface area contributed by atoms with E-state index in [2.05, 4.69) is 5.10 Å². The van der Waals surface area contributed by atoms with Crippen LogP contribution in [0.2, 0.25) is 0 Å². The molecule has 29 heavy (non-hydrogen) atoms. The molecule has 1 aliphatic carbocycles. The maximum Gasteiger partial charge on any atom is 0.345 e. The lowest BCUT2D eigenvalue weighted by Gasteiger charge is -2.26. The first-order chi connectivity index (χ1) is 13.9. The van der Waals surface area contributed by atoms with Crippen LogP contribution in [0.3, 0.4) is 0 Å². The van der Waals surface area contributed by atoms with E-state index in [1.807, 2.05) is 6.92 Å². The predicted molar refractivity (Wildman–Crippen MR) is 108 cm³/mol. The van der Waals surface area contributed by atoms with Crippen molar-refractivity contribution < 1.29 is 13.2 Å². The third-order valence-corrected chi connectivity index (χ3v) is 7.76. The predicted octanol–water partition coefficient (Wildman–Crippen LogP) is 1.88. The lowest BCUT2D eigenvalue weighted by atomic mass is 10.1. The molecule has 9 heteroatoms. The number of benzene rings is 1. The molecule has 1 fully saturated rings. The Balaban J connectivity index is 1.47. The van der Waals surface area contributed by atoms with Crippen molar-refractivity contribution in [3.05, 3.63) is 40.6 Å². The highest BCUT2D eigenvalue weighted by Gasteiger charge is 2.31. The quantitative estimate of drug-likeness (QED) is 0.683. The molecule has 1 unspecified atom stereocenters. The Bertz CT molecular complexity index is 1020. The highest BCUT2D eigenvalue weighted by molar-refractivity contribution is 7.89. The maximum atomic E-state index is 13.1. The largest absolute Gasteiger partial charge is 0.494 e. The van der Waals surface area contributed by atoms with Crippen molar-refractivity contribution in [2.24, 2.45) is 5.92 Å². The van der Waals surface area contributed by atoms with Gasteiger partial charge in [-0.25, -0.2) is 17.9 Å². The van der Waals surface area contributed by atoms with Crippen LogP contribution in [-0.4, -0.2) is 46.8 Å². The first kappa shape index (κ1) is 20.2. The zero-order valence-corrected chi connectivity index (χ0v) is 17.8. The van der Waals surface area contributed by atoms with Crippen LogP contribution in [0.15, 0.2) is 34.0 Å². The molecular weight excluding hydrogens is 392 g/mol. The first-order valence-electron chi connectivity index (χ1n) is 10.3. The van der Waals surface area contributed by atoms with E-state index in [1.54, 1.807) is 40.6 Å². The van der Waals surface area contributed by atoms with E-state index in [1.165, 1.54) is 17.1 Å². The molecule has 2 heterocycles. The van der Waals surface area contributed by atoms with Crippen molar-refractivity contribution in [2.75, 3.05) is 13.7 Å². The summed E-state index contributed by atoms with van der Waals surface area (Å²) < 4.78 is 36.3. The topological polar surface area (TPSA) is 86.4 Å². The van der Waals surface area contributed by atoms with Crippen molar-refractivity contribution in [1.29, 1.82) is 0 Å². The first-order valence-corrected chi connectivity index (χ1v) is 11.7. The zero-order valence-electron chi connectivity index (χ0n) is 17.0. The summed E-state index contributed by atoms with van der Waals surface area (Å²) in [6, 6.07) is 6.33. The number of hydrogen-bond donors (Lipinski definition) is 0. The monoisotopic (exact) mass is 420 g/mol. The highest BCUT2D eigenvalue weighted by atomic mass is 32.2. The number of hydrogen-bond acceptors (Lipinski definition) is 5. The Morgan fingerprint density at radius 2 is 1.90 bits per heavy atom. The van der Waals surface area contributed by atoms with Crippen LogP contribution in [-0.2, 0) is 29.5 Å². The lowest BCUT2D eigenvalue weighted by Crippen LogP contribution is -2.37. The van der Waals surface area contributed by atoms with Crippen LogP contribution in [0.25, 0.3) is 0 Å². The van der Waals surface area contributed by atoms with Gasteiger partial charge in [0.1, 0.15) is 11.6 Å². The summed E-state index contributed by atoms with van der Waals surface area (Å²) in [5.74, 6) is 2.01. The molecule has 2 aliphatic rings. The summed E-state index contributed by atoms with van der Waals surface area (Å²) in [6.07, 6.45) is 4.18. The van der Waals surface area contributed by atoms with Crippen molar-refractivity contribution >= 4 is 10.0 Å². The molecule has 1 aliphatic heterocycles.